The van der Waals surface area contributed by atoms with Gasteiger partial charge in [-0.25, -0.2) is 8.42 Å². The average Bonchev–Trinajstić information content (AvgIpc) is 2.78. The zero-order valence-corrected chi connectivity index (χ0v) is 20.3. The molecule has 1 N–H and O–H groups in total. The lowest BCUT2D eigenvalue weighted by atomic mass is 10.2. The van der Waals surface area contributed by atoms with Gasteiger partial charge in [-0.05, 0) is 61.9 Å². The van der Waals surface area contributed by atoms with E-state index >= 15 is 0 Å². The van der Waals surface area contributed by atoms with Crippen LogP contribution in [-0.2, 0) is 14.8 Å². The van der Waals surface area contributed by atoms with Crippen LogP contribution < -0.4 is 19.1 Å². The maximum Gasteiger partial charge on any atom is 0.264 e. The summed E-state index contributed by atoms with van der Waals surface area (Å²) in [5, 5.41) is 3.04. The Morgan fingerprint density at radius 2 is 1.52 bits per heavy atom. The number of halogens is 1. The Balaban J connectivity index is 2.05. The quantitative estimate of drug-likeness (QED) is 0.492. The molecule has 0 unspecified atom stereocenters. The summed E-state index contributed by atoms with van der Waals surface area (Å²) in [6.45, 7) is 3.22. The molecule has 3 rings (SSSR count). The highest BCUT2D eigenvalue weighted by atomic mass is 35.5. The lowest BCUT2D eigenvalue weighted by Crippen LogP contribution is -2.38. The normalized spacial score (nSPS) is 11.1. The molecule has 0 saturated carbocycles. The Kier molecular flexibility index (Phi) is 7.50. The van der Waals surface area contributed by atoms with Crippen LogP contribution >= 0.6 is 11.6 Å². The van der Waals surface area contributed by atoms with Gasteiger partial charge in [0.2, 0.25) is 5.91 Å². The number of hydrogen-bond donors (Lipinski definition) is 1. The minimum Gasteiger partial charge on any atom is -0.495 e. The molecule has 0 aliphatic rings. The second-order valence-corrected chi connectivity index (χ2v) is 9.69. The molecule has 33 heavy (non-hydrogen) atoms. The first-order chi connectivity index (χ1) is 15.6. The topological polar surface area (TPSA) is 84.9 Å². The summed E-state index contributed by atoms with van der Waals surface area (Å²) < 4.78 is 38.9. The van der Waals surface area contributed by atoms with Gasteiger partial charge in [-0.15, -0.1) is 0 Å². The zero-order chi connectivity index (χ0) is 24.2. The highest BCUT2D eigenvalue weighted by Gasteiger charge is 2.30. The van der Waals surface area contributed by atoms with Crippen LogP contribution in [0.5, 0.6) is 11.5 Å². The van der Waals surface area contributed by atoms with Gasteiger partial charge in [-0.1, -0.05) is 35.4 Å². The predicted molar refractivity (Wildman–Crippen MR) is 130 cm³/mol. The Bertz CT molecular complexity index is 1260. The first-order valence-corrected chi connectivity index (χ1v) is 11.8. The predicted octanol–water partition coefficient (Wildman–Crippen LogP) is 4.81. The molecule has 0 radical (unpaired) electrons. The minimum absolute atomic E-state index is 0.0380. The highest BCUT2D eigenvalue weighted by molar-refractivity contribution is 7.92. The molecule has 0 heterocycles. The van der Waals surface area contributed by atoms with E-state index in [1.165, 1.54) is 32.4 Å². The summed E-state index contributed by atoms with van der Waals surface area (Å²) in [4.78, 5) is 13.1. The molecule has 0 aliphatic heterocycles. The summed E-state index contributed by atoms with van der Waals surface area (Å²) in [5.41, 5.74) is 2.40. The smallest absolute Gasteiger partial charge is 0.264 e. The maximum absolute atomic E-state index is 13.6. The van der Waals surface area contributed by atoms with Gasteiger partial charge in [0.15, 0.2) is 0 Å². The van der Waals surface area contributed by atoms with Gasteiger partial charge in [-0.2, -0.15) is 0 Å². The molecule has 0 spiro atoms. The second kappa shape index (κ2) is 10.1. The third kappa shape index (κ3) is 5.58. The largest absolute Gasteiger partial charge is 0.495 e. The number of nitrogens with zero attached hydrogens (tertiary/aromatic N) is 1. The number of hydrogen-bond acceptors (Lipinski definition) is 5. The van der Waals surface area contributed by atoms with E-state index in [1.54, 1.807) is 36.4 Å². The molecular weight excluding hydrogens is 464 g/mol. The van der Waals surface area contributed by atoms with Gasteiger partial charge in [0.1, 0.15) is 18.0 Å². The van der Waals surface area contributed by atoms with Crippen molar-refractivity contribution in [2.75, 3.05) is 30.4 Å². The SMILES string of the molecule is COc1ccc(C)cc1NC(=O)CN(c1cc(Cl)ccc1OC)S(=O)(=O)c1ccc(C)cc1. The zero-order valence-electron chi connectivity index (χ0n) is 18.8. The molecule has 0 saturated heterocycles. The molecule has 3 aromatic carbocycles. The number of carbonyl (C=O) groups is 1. The lowest BCUT2D eigenvalue weighted by Gasteiger charge is -2.26. The molecule has 0 aliphatic carbocycles. The summed E-state index contributed by atoms with van der Waals surface area (Å²) in [5.74, 6) is 0.162. The van der Waals surface area contributed by atoms with E-state index in [0.717, 1.165) is 15.4 Å². The van der Waals surface area contributed by atoms with E-state index in [4.69, 9.17) is 21.1 Å². The Labute approximate surface area is 198 Å². The second-order valence-electron chi connectivity index (χ2n) is 7.39. The number of anilines is 2. The summed E-state index contributed by atoms with van der Waals surface area (Å²) in [6, 6.07) is 16.3. The molecule has 7 nitrogen and oxygen atoms in total. The monoisotopic (exact) mass is 488 g/mol. The van der Waals surface area contributed by atoms with Gasteiger partial charge in [0.05, 0.1) is 30.5 Å². The van der Waals surface area contributed by atoms with Gasteiger partial charge in [-0.3, -0.25) is 9.10 Å². The molecular formula is C24H25ClN2O5S. The van der Waals surface area contributed by atoms with E-state index in [0.29, 0.717) is 16.5 Å². The number of aryl methyl sites for hydroxylation is 2. The van der Waals surface area contributed by atoms with Crippen LogP contribution in [0.3, 0.4) is 0 Å². The van der Waals surface area contributed by atoms with Crippen LogP contribution in [-0.4, -0.2) is 35.1 Å². The highest BCUT2D eigenvalue weighted by Crippen LogP contribution is 2.35. The van der Waals surface area contributed by atoms with E-state index in [1.807, 2.05) is 19.9 Å². The Morgan fingerprint density at radius 3 is 2.15 bits per heavy atom. The van der Waals surface area contributed by atoms with Crippen molar-refractivity contribution in [3.63, 3.8) is 0 Å². The summed E-state index contributed by atoms with van der Waals surface area (Å²) >= 11 is 6.16. The number of sulfonamides is 1. The van der Waals surface area contributed by atoms with Crippen molar-refractivity contribution in [3.05, 3.63) is 76.8 Å². The van der Waals surface area contributed by atoms with Crippen molar-refractivity contribution in [1.82, 2.24) is 0 Å². The van der Waals surface area contributed by atoms with Crippen molar-refractivity contribution < 1.29 is 22.7 Å². The number of methoxy groups -OCH3 is 2. The van der Waals surface area contributed by atoms with Crippen LogP contribution in [0.25, 0.3) is 0 Å². The van der Waals surface area contributed by atoms with Crippen LogP contribution in [0.2, 0.25) is 5.02 Å². The molecule has 0 atom stereocenters. The van der Waals surface area contributed by atoms with Gasteiger partial charge < -0.3 is 14.8 Å². The number of benzene rings is 3. The molecule has 3 aromatic rings. The number of nitrogens with one attached hydrogen (secondary N) is 1. The fourth-order valence-corrected chi connectivity index (χ4v) is 4.82. The number of amides is 1. The van der Waals surface area contributed by atoms with E-state index < -0.39 is 22.5 Å². The van der Waals surface area contributed by atoms with E-state index in [-0.39, 0.29) is 16.3 Å². The van der Waals surface area contributed by atoms with Crippen molar-refractivity contribution >= 4 is 38.9 Å². The number of ether oxygens (including phenoxy) is 2. The maximum atomic E-state index is 13.6. The van der Waals surface area contributed by atoms with Crippen LogP contribution in [0.15, 0.2) is 65.6 Å². The fourth-order valence-electron chi connectivity index (χ4n) is 3.23. The van der Waals surface area contributed by atoms with Gasteiger partial charge in [0.25, 0.3) is 10.0 Å². The molecule has 0 fully saturated rings. The van der Waals surface area contributed by atoms with Crippen LogP contribution in [0.4, 0.5) is 11.4 Å². The molecule has 174 valence electrons. The fraction of sp³-hybridized carbons (Fsp3) is 0.208. The van der Waals surface area contributed by atoms with Crippen molar-refractivity contribution in [2.24, 2.45) is 0 Å². The third-order valence-corrected chi connectivity index (χ3v) is 6.94. The van der Waals surface area contributed by atoms with Crippen LogP contribution in [0.1, 0.15) is 11.1 Å². The van der Waals surface area contributed by atoms with Crippen molar-refractivity contribution in [1.29, 1.82) is 0 Å². The number of carbonyl (C=O) groups excluding carboxylic acids is 1. The third-order valence-electron chi connectivity index (χ3n) is 4.93. The minimum atomic E-state index is -4.13. The van der Waals surface area contributed by atoms with Crippen molar-refractivity contribution in [3.8, 4) is 11.5 Å². The van der Waals surface area contributed by atoms with E-state index in [2.05, 4.69) is 5.32 Å². The van der Waals surface area contributed by atoms with Crippen LogP contribution in [0, 0.1) is 13.8 Å². The molecule has 9 heteroatoms. The molecule has 0 aromatic heterocycles. The molecule has 0 bridgehead atoms. The standard InChI is InChI=1S/C24H25ClN2O5S/c1-16-5-9-19(10-6-16)33(29,30)27(21-14-18(25)8-12-23(21)32-4)15-24(28)26-20-13-17(2)7-11-22(20)31-3/h5-14H,15H2,1-4H3,(H,26,28). The first kappa shape index (κ1) is 24.4. The number of rotatable bonds is 8. The Hall–Kier alpha value is -3.23. The lowest BCUT2D eigenvalue weighted by molar-refractivity contribution is -0.114. The summed E-state index contributed by atoms with van der Waals surface area (Å²) in [7, 11) is -1.22. The molecule has 1 amide bonds. The first-order valence-electron chi connectivity index (χ1n) is 10.0. The Morgan fingerprint density at radius 1 is 0.909 bits per heavy atom. The van der Waals surface area contributed by atoms with Gasteiger partial charge in [0, 0.05) is 5.02 Å². The van der Waals surface area contributed by atoms with Crippen molar-refractivity contribution in [2.45, 2.75) is 18.7 Å². The average molecular weight is 489 g/mol. The summed E-state index contributed by atoms with van der Waals surface area (Å²) in [6.07, 6.45) is 0. The van der Waals surface area contributed by atoms with Gasteiger partial charge >= 0.3 is 0 Å². The van der Waals surface area contributed by atoms with E-state index in [9.17, 15) is 13.2 Å².